The number of nitrogens with zero attached hydrogens (tertiary/aromatic N) is 4. The second-order valence-electron chi connectivity index (χ2n) is 11.5. The first kappa shape index (κ1) is 55.3. The second-order valence-corrected chi connectivity index (χ2v) is 11.5. The summed E-state index contributed by atoms with van der Waals surface area (Å²) in [6.45, 7) is -0.288. The Hall–Kier alpha value is -8.66. The number of nitrogen functional groups attached to an aromatic ring is 1. The van der Waals surface area contributed by atoms with Crippen LogP contribution >= 0.6 is 0 Å². The molecule has 0 saturated heterocycles. The average Bonchev–Trinajstić information content (AvgIpc) is 3.18. The number of carbonyl (C=O) groups is 8. The second kappa shape index (κ2) is 26.5. The Balaban J connectivity index is 0.00000243. The summed E-state index contributed by atoms with van der Waals surface area (Å²) >= 11 is 0. The van der Waals surface area contributed by atoms with Gasteiger partial charge >= 0.3 is 36.2 Å². The van der Waals surface area contributed by atoms with Gasteiger partial charge in [-0.1, -0.05) is 0 Å². The Morgan fingerprint density at radius 1 is 0.859 bits per heavy atom. The third-order valence-corrected chi connectivity index (χ3v) is 6.59. The largest absolute Gasteiger partial charge is 0.490 e. The Kier molecular flexibility index (Phi) is 22.9. The maximum atomic E-state index is 13.3. The van der Waals surface area contributed by atoms with E-state index in [1.165, 1.54) is 36.5 Å². The smallest absolute Gasteiger partial charge is 0.481 e. The van der Waals surface area contributed by atoms with E-state index in [9.17, 15) is 70.3 Å². The lowest BCUT2D eigenvalue weighted by Gasteiger charge is -2.20. The highest BCUT2D eigenvalue weighted by molar-refractivity contribution is 6.13. The normalized spacial score (nSPS) is 11.7. The quantitative estimate of drug-likeness (QED) is 0.0101. The summed E-state index contributed by atoms with van der Waals surface area (Å²) < 4.78 is 63.5. The van der Waals surface area contributed by atoms with Gasteiger partial charge in [0.15, 0.2) is 12.2 Å². The zero-order valence-corrected chi connectivity index (χ0v) is 31.9. The molecule has 1 unspecified atom stereocenters. The zero-order chi connectivity index (χ0) is 49.4. The van der Waals surface area contributed by atoms with Gasteiger partial charge in [-0.05, 0) is 36.8 Å². The molecule has 2 atom stereocenters. The number of nitriles is 1. The van der Waals surface area contributed by atoms with Crippen LogP contribution in [0.2, 0.25) is 0 Å². The highest BCUT2D eigenvalue weighted by atomic mass is 19.4. The van der Waals surface area contributed by atoms with Gasteiger partial charge in [0.05, 0.1) is 24.9 Å². The van der Waals surface area contributed by atoms with Gasteiger partial charge in [0.2, 0.25) is 11.8 Å². The molecule has 12 N–H and O–H groups in total. The number of pyridine rings is 1. The van der Waals surface area contributed by atoms with E-state index >= 15 is 0 Å². The number of carboxylic acid groups (broad SMARTS) is 4. The number of aliphatic carboxylic acids is 4. The standard InChI is InChI=1S/C28H31N11O11.2C2HF3O2/c29-14-34-25(33-8-1-9-50-39(48)49)16-10-18(13-32-12-16)36-26(44)23(27(45)37-19(28(46)47)11-22(42)43)38-21(41)7-6-20(40)35-17-4-2-15(3-5-17)24(30)31;2*3-2(4,5)1(6)7/h2-5,10,12-13,19,23H,1,6-9,11H2,(H3,30,31)(H,33,34)(H,35,40)(H,36,44)(H,37,45)(H,38,41)(H,42,43)(H,46,47);2*(H,6,7)/t19-,23?;;/m0../s1. The number of alkyl halides is 6. The number of hydrogen-bond donors (Lipinski definition) is 11. The van der Waals surface area contributed by atoms with Crippen LogP contribution in [0.4, 0.5) is 37.7 Å². The van der Waals surface area contributed by atoms with Crippen molar-refractivity contribution in [1.82, 2.24) is 20.9 Å². The number of halogens is 6. The molecule has 32 heteroatoms. The lowest BCUT2D eigenvalue weighted by molar-refractivity contribution is -0.757. The number of anilines is 2. The number of nitrogens with two attached hydrogens (primary N) is 1. The van der Waals surface area contributed by atoms with E-state index in [2.05, 4.69) is 36.1 Å². The van der Waals surface area contributed by atoms with Crippen LogP contribution in [0.1, 0.15) is 36.8 Å². The van der Waals surface area contributed by atoms with Crippen molar-refractivity contribution in [3.8, 4) is 6.19 Å². The van der Waals surface area contributed by atoms with Crippen LogP contribution in [0, 0.1) is 27.0 Å². The molecule has 0 aliphatic heterocycles. The highest BCUT2D eigenvalue weighted by Gasteiger charge is 2.39. The van der Waals surface area contributed by atoms with Crippen molar-refractivity contribution in [2.75, 3.05) is 23.8 Å². The fourth-order valence-electron chi connectivity index (χ4n) is 3.80. The molecular weight excluding hydrogens is 892 g/mol. The first-order valence-corrected chi connectivity index (χ1v) is 16.7. The van der Waals surface area contributed by atoms with Gasteiger partial charge in [-0.25, -0.2) is 14.4 Å². The average molecular weight is 926 g/mol. The molecule has 4 amide bonds. The molecule has 0 saturated carbocycles. The van der Waals surface area contributed by atoms with Crippen molar-refractivity contribution in [3.63, 3.8) is 0 Å². The van der Waals surface area contributed by atoms with Crippen molar-refractivity contribution in [2.24, 2.45) is 10.7 Å². The number of carbonyl (C=O) groups excluding carboxylic acids is 4. The number of hydrogen-bond acceptors (Lipinski definition) is 15. The van der Waals surface area contributed by atoms with Crippen LogP contribution in [0.5, 0.6) is 0 Å². The topological polar surface area (TPSA) is 429 Å². The summed E-state index contributed by atoms with van der Waals surface area (Å²) in [5, 5.41) is 69.5. The summed E-state index contributed by atoms with van der Waals surface area (Å²) in [6.07, 6.45) is -8.08. The lowest BCUT2D eigenvalue weighted by atomic mass is 10.1. The number of aliphatic imine (C=N–C) groups is 1. The first-order chi connectivity index (χ1) is 29.6. The summed E-state index contributed by atoms with van der Waals surface area (Å²) in [4.78, 5) is 114. The maximum Gasteiger partial charge on any atom is 0.490 e. The van der Waals surface area contributed by atoms with Crippen molar-refractivity contribution in [3.05, 3.63) is 64.0 Å². The Morgan fingerprint density at radius 3 is 1.88 bits per heavy atom. The van der Waals surface area contributed by atoms with Crippen LogP contribution in [0.15, 0.2) is 47.7 Å². The van der Waals surface area contributed by atoms with Crippen LogP contribution in [-0.4, -0.2) is 127 Å². The summed E-state index contributed by atoms with van der Waals surface area (Å²) in [7, 11) is 0. The van der Waals surface area contributed by atoms with E-state index in [1.54, 1.807) is 6.19 Å². The fraction of sp³-hybridized carbons (Fsp3) is 0.312. The molecule has 0 fully saturated rings. The van der Waals surface area contributed by atoms with Crippen molar-refractivity contribution in [2.45, 2.75) is 50.1 Å². The van der Waals surface area contributed by atoms with E-state index in [0.29, 0.717) is 11.3 Å². The minimum absolute atomic E-state index is 0.0199. The number of rotatable bonds is 19. The minimum Gasteiger partial charge on any atom is -0.481 e. The zero-order valence-electron chi connectivity index (χ0n) is 31.9. The number of benzene rings is 1. The van der Waals surface area contributed by atoms with E-state index in [4.69, 9.17) is 41.3 Å². The summed E-state index contributed by atoms with van der Waals surface area (Å²) in [5.41, 5.74) is 6.17. The van der Waals surface area contributed by atoms with Gasteiger partial charge in [-0.3, -0.25) is 44.7 Å². The molecule has 0 radical (unpaired) electrons. The molecule has 348 valence electrons. The predicted molar refractivity (Wildman–Crippen MR) is 197 cm³/mol. The highest BCUT2D eigenvalue weighted by Crippen LogP contribution is 2.15. The number of amides is 4. The van der Waals surface area contributed by atoms with Crippen molar-refractivity contribution < 1.29 is 95.0 Å². The van der Waals surface area contributed by atoms with E-state index in [0.717, 1.165) is 6.20 Å². The third kappa shape index (κ3) is 23.2. The number of amidine groups is 2. The van der Waals surface area contributed by atoms with E-state index in [-0.39, 0.29) is 42.5 Å². The molecule has 0 aliphatic rings. The van der Waals surface area contributed by atoms with E-state index in [1.807, 2.05) is 5.32 Å². The fourth-order valence-corrected chi connectivity index (χ4v) is 3.80. The first-order valence-electron chi connectivity index (χ1n) is 16.7. The predicted octanol–water partition coefficient (Wildman–Crippen LogP) is -0.0657. The number of carboxylic acids is 4. The molecule has 2 rings (SSSR count). The van der Waals surface area contributed by atoms with Gasteiger partial charge in [0.25, 0.3) is 16.9 Å². The van der Waals surface area contributed by atoms with Crippen LogP contribution in [-0.2, 0) is 43.2 Å². The van der Waals surface area contributed by atoms with E-state index < -0.39 is 96.3 Å². The summed E-state index contributed by atoms with van der Waals surface area (Å²) in [5.74, 6) is -13.3. The van der Waals surface area contributed by atoms with Gasteiger partial charge in [-0.15, -0.1) is 10.1 Å². The van der Waals surface area contributed by atoms with Gasteiger partial charge in [-0.2, -0.15) is 31.6 Å². The molecule has 1 aromatic heterocycles. The third-order valence-electron chi connectivity index (χ3n) is 6.59. The molecule has 1 heterocycles. The SMILES string of the molecule is N#CNC(=NCCCO[N+](=O)[O-])c1cncc(NC(=O)C(NC(=O)CCC(=O)Nc2ccc(C(=N)N)cc2)C(=O)N[C@@H](CC(=O)O)C(=O)O)c1.O=C(O)C(F)(F)F.O=C(O)C(F)(F)F. The Morgan fingerprint density at radius 2 is 1.41 bits per heavy atom. The minimum atomic E-state index is -5.08. The van der Waals surface area contributed by atoms with Crippen LogP contribution < -0.4 is 32.3 Å². The lowest BCUT2D eigenvalue weighted by Crippen LogP contribution is -2.56. The van der Waals surface area contributed by atoms with Crippen LogP contribution in [0.25, 0.3) is 0 Å². The van der Waals surface area contributed by atoms with Gasteiger partial charge in [0, 0.05) is 42.4 Å². The molecule has 0 bridgehead atoms. The Bertz CT molecular complexity index is 2090. The van der Waals surface area contributed by atoms with Gasteiger partial charge < -0.3 is 52.3 Å². The summed E-state index contributed by atoms with van der Waals surface area (Å²) in [6, 6.07) is 3.05. The molecule has 26 nitrogen and oxygen atoms in total. The number of nitrogens with one attached hydrogen (secondary N) is 6. The number of aromatic nitrogens is 1. The molecular formula is C32H33F6N11O15. The Labute approximate surface area is 352 Å². The van der Waals surface area contributed by atoms with Crippen molar-refractivity contribution in [1.29, 1.82) is 10.7 Å². The molecule has 1 aromatic carbocycles. The van der Waals surface area contributed by atoms with Gasteiger partial charge in [0.1, 0.15) is 17.7 Å². The molecule has 2 aromatic rings. The van der Waals surface area contributed by atoms with Crippen molar-refractivity contribution >= 4 is 70.6 Å². The van der Waals surface area contributed by atoms with Crippen LogP contribution in [0.3, 0.4) is 0 Å². The molecule has 64 heavy (non-hydrogen) atoms. The molecule has 0 spiro atoms. The molecule has 0 aliphatic carbocycles. The monoisotopic (exact) mass is 925 g/mol. The maximum absolute atomic E-state index is 13.3.